The average Bonchev–Trinajstić information content (AvgIpc) is 3.21. The summed E-state index contributed by atoms with van der Waals surface area (Å²) in [7, 11) is 0. The number of thiophene rings is 1. The van der Waals surface area contributed by atoms with Crippen LogP contribution in [0.2, 0.25) is 0 Å². The molecule has 3 heterocycles. The van der Waals surface area contributed by atoms with E-state index in [0.717, 1.165) is 48.9 Å². The number of hydrogen-bond acceptors (Lipinski definition) is 5. The Labute approximate surface area is 205 Å². The van der Waals surface area contributed by atoms with E-state index in [1.807, 2.05) is 43.0 Å². The lowest BCUT2D eigenvalue weighted by molar-refractivity contribution is -0.127. The predicted molar refractivity (Wildman–Crippen MR) is 136 cm³/mol. The number of anilines is 1. The normalized spacial score (nSPS) is 19.7. The van der Waals surface area contributed by atoms with E-state index in [1.54, 1.807) is 0 Å². The Kier molecular flexibility index (Phi) is 8.05. The van der Waals surface area contributed by atoms with Crippen molar-refractivity contribution in [3.05, 3.63) is 29.8 Å². The topological polar surface area (TPSA) is 93.8 Å². The standard InChI is InChI=1S/C25H35N5O3S/c1-3-26-22(31)17-8-7-13-30(16-17)18-11-14-29(15-12-18)24(32)21-19-9-5-6-10-20(19)34-23(21)28-25(33)27-4-2/h5-6,9-10,17-18H,3-4,7-8,11-16H2,1-2H3,(H,26,31)(H2,27,28,33). The predicted octanol–water partition coefficient (Wildman–Crippen LogP) is 3.50. The molecular weight excluding hydrogens is 450 g/mol. The van der Waals surface area contributed by atoms with Crippen LogP contribution in [0.15, 0.2) is 24.3 Å². The summed E-state index contributed by atoms with van der Waals surface area (Å²) >= 11 is 1.43. The number of hydrogen-bond donors (Lipinski definition) is 3. The number of likely N-dealkylation sites (tertiary alicyclic amines) is 2. The molecule has 4 rings (SSSR count). The van der Waals surface area contributed by atoms with Crippen LogP contribution in [0, 0.1) is 5.92 Å². The van der Waals surface area contributed by atoms with Gasteiger partial charge in [-0.1, -0.05) is 18.2 Å². The molecule has 1 aromatic heterocycles. The van der Waals surface area contributed by atoms with Gasteiger partial charge in [0.05, 0.1) is 11.5 Å². The lowest BCUT2D eigenvalue weighted by atomic mass is 9.93. The number of nitrogens with one attached hydrogen (secondary N) is 3. The van der Waals surface area contributed by atoms with Gasteiger partial charge in [-0.3, -0.25) is 19.8 Å². The van der Waals surface area contributed by atoms with Crippen molar-refractivity contribution in [2.75, 3.05) is 44.6 Å². The van der Waals surface area contributed by atoms with E-state index in [2.05, 4.69) is 20.9 Å². The largest absolute Gasteiger partial charge is 0.356 e. The fourth-order valence-electron chi connectivity index (χ4n) is 5.12. The first-order chi connectivity index (χ1) is 16.5. The molecule has 3 N–H and O–H groups in total. The summed E-state index contributed by atoms with van der Waals surface area (Å²) < 4.78 is 0.984. The lowest BCUT2D eigenvalue weighted by Crippen LogP contribution is -2.51. The van der Waals surface area contributed by atoms with Gasteiger partial charge >= 0.3 is 6.03 Å². The van der Waals surface area contributed by atoms with E-state index in [4.69, 9.17) is 0 Å². The molecule has 2 aliphatic rings. The second kappa shape index (κ2) is 11.2. The van der Waals surface area contributed by atoms with E-state index in [0.29, 0.717) is 42.8 Å². The molecule has 1 aromatic carbocycles. The van der Waals surface area contributed by atoms with Crippen LogP contribution in [0.25, 0.3) is 10.1 Å². The van der Waals surface area contributed by atoms with Crippen molar-refractivity contribution in [1.29, 1.82) is 0 Å². The monoisotopic (exact) mass is 485 g/mol. The Morgan fingerprint density at radius 2 is 1.74 bits per heavy atom. The van der Waals surface area contributed by atoms with Crippen LogP contribution >= 0.6 is 11.3 Å². The van der Waals surface area contributed by atoms with Crippen LogP contribution in [0.1, 0.15) is 49.9 Å². The maximum Gasteiger partial charge on any atom is 0.319 e. The van der Waals surface area contributed by atoms with E-state index in [1.165, 1.54) is 11.3 Å². The maximum absolute atomic E-state index is 13.6. The molecule has 0 bridgehead atoms. The number of fused-ring (bicyclic) bond motifs is 1. The van der Waals surface area contributed by atoms with Gasteiger partial charge in [-0.25, -0.2) is 4.79 Å². The van der Waals surface area contributed by atoms with Crippen molar-refractivity contribution < 1.29 is 14.4 Å². The van der Waals surface area contributed by atoms with Gasteiger partial charge in [-0.05, 0) is 52.1 Å². The molecule has 0 radical (unpaired) electrons. The fraction of sp³-hybridized carbons (Fsp3) is 0.560. The Bertz CT molecular complexity index is 1030. The summed E-state index contributed by atoms with van der Waals surface area (Å²) in [6.07, 6.45) is 3.78. The van der Waals surface area contributed by atoms with Gasteiger partial charge in [0.25, 0.3) is 5.91 Å². The van der Waals surface area contributed by atoms with Gasteiger partial charge in [-0.15, -0.1) is 11.3 Å². The Balaban J connectivity index is 1.43. The molecule has 2 saturated heterocycles. The van der Waals surface area contributed by atoms with Crippen LogP contribution in [0.4, 0.5) is 9.80 Å². The first-order valence-electron chi connectivity index (χ1n) is 12.4. The van der Waals surface area contributed by atoms with Crippen LogP contribution in [-0.2, 0) is 4.79 Å². The van der Waals surface area contributed by atoms with Gasteiger partial charge < -0.3 is 15.5 Å². The minimum absolute atomic E-state index is 0.0263. The molecule has 1 unspecified atom stereocenters. The molecule has 4 amide bonds. The highest BCUT2D eigenvalue weighted by Gasteiger charge is 2.33. The third-order valence-electron chi connectivity index (χ3n) is 6.82. The summed E-state index contributed by atoms with van der Waals surface area (Å²) in [6.45, 7) is 8.19. The van der Waals surface area contributed by atoms with Crippen molar-refractivity contribution in [3.63, 3.8) is 0 Å². The zero-order chi connectivity index (χ0) is 24.1. The highest BCUT2D eigenvalue weighted by atomic mass is 32.1. The van der Waals surface area contributed by atoms with Gasteiger partial charge in [0.1, 0.15) is 5.00 Å². The first-order valence-corrected chi connectivity index (χ1v) is 13.2. The van der Waals surface area contributed by atoms with Crippen LogP contribution in [-0.4, -0.2) is 73.0 Å². The number of amides is 4. The van der Waals surface area contributed by atoms with Crippen LogP contribution < -0.4 is 16.0 Å². The van der Waals surface area contributed by atoms with Crippen LogP contribution in [0.3, 0.4) is 0 Å². The number of piperidine rings is 2. The second-order valence-corrected chi connectivity index (χ2v) is 10.1. The van der Waals surface area contributed by atoms with E-state index in [-0.39, 0.29) is 23.8 Å². The summed E-state index contributed by atoms with van der Waals surface area (Å²) in [5.41, 5.74) is 0.583. The minimum Gasteiger partial charge on any atom is -0.356 e. The minimum atomic E-state index is -0.298. The Morgan fingerprint density at radius 1 is 1.00 bits per heavy atom. The molecule has 0 aliphatic carbocycles. The van der Waals surface area contributed by atoms with E-state index < -0.39 is 0 Å². The van der Waals surface area contributed by atoms with Crippen molar-refractivity contribution in [2.45, 2.75) is 45.6 Å². The van der Waals surface area contributed by atoms with E-state index in [9.17, 15) is 14.4 Å². The third-order valence-corrected chi connectivity index (χ3v) is 7.90. The third kappa shape index (κ3) is 5.36. The van der Waals surface area contributed by atoms with Crippen LogP contribution in [0.5, 0.6) is 0 Å². The molecule has 184 valence electrons. The molecular formula is C25H35N5O3S. The summed E-state index contributed by atoms with van der Waals surface area (Å²) in [5.74, 6) is 0.200. The fourth-order valence-corrected chi connectivity index (χ4v) is 6.21. The smallest absolute Gasteiger partial charge is 0.319 e. The van der Waals surface area contributed by atoms with Gasteiger partial charge in [-0.2, -0.15) is 0 Å². The number of benzene rings is 1. The molecule has 2 aromatic rings. The van der Waals surface area contributed by atoms with Crippen molar-refractivity contribution >= 4 is 44.3 Å². The Morgan fingerprint density at radius 3 is 2.47 bits per heavy atom. The summed E-state index contributed by atoms with van der Waals surface area (Å²) in [4.78, 5) is 42.5. The summed E-state index contributed by atoms with van der Waals surface area (Å²) in [6, 6.07) is 7.90. The molecule has 2 aliphatic heterocycles. The van der Waals surface area contributed by atoms with Gasteiger partial charge in [0.2, 0.25) is 5.91 Å². The molecule has 0 saturated carbocycles. The van der Waals surface area contributed by atoms with Gasteiger partial charge in [0, 0.05) is 48.9 Å². The molecule has 0 spiro atoms. The number of nitrogens with zero attached hydrogens (tertiary/aromatic N) is 2. The molecule has 34 heavy (non-hydrogen) atoms. The molecule has 1 atom stereocenters. The lowest BCUT2D eigenvalue weighted by Gasteiger charge is -2.42. The SMILES string of the molecule is CCNC(=O)Nc1sc2ccccc2c1C(=O)N1CCC(N2CCCC(C(=O)NCC)C2)CC1. The van der Waals surface area contributed by atoms with Gasteiger partial charge in [0.15, 0.2) is 0 Å². The van der Waals surface area contributed by atoms with Crippen molar-refractivity contribution in [2.24, 2.45) is 5.92 Å². The second-order valence-electron chi connectivity index (χ2n) is 9.04. The quantitative estimate of drug-likeness (QED) is 0.584. The molecule has 2 fully saturated rings. The highest BCUT2D eigenvalue weighted by molar-refractivity contribution is 7.23. The summed E-state index contributed by atoms with van der Waals surface area (Å²) in [5, 5.41) is 10.1. The number of carbonyl (C=O) groups excluding carboxylic acids is 3. The highest BCUT2D eigenvalue weighted by Crippen LogP contribution is 2.37. The number of urea groups is 1. The van der Waals surface area contributed by atoms with E-state index >= 15 is 0 Å². The first kappa shape index (κ1) is 24.5. The maximum atomic E-state index is 13.6. The molecule has 8 nitrogen and oxygen atoms in total. The Hall–Kier alpha value is -2.65. The molecule has 9 heteroatoms. The average molecular weight is 486 g/mol. The number of carbonyl (C=O) groups is 3. The zero-order valence-corrected chi connectivity index (χ0v) is 20.9. The van der Waals surface area contributed by atoms with Crippen molar-refractivity contribution in [1.82, 2.24) is 20.4 Å². The number of rotatable bonds is 6. The van der Waals surface area contributed by atoms with Crippen molar-refractivity contribution in [3.8, 4) is 0 Å². The zero-order valence-electron chi connectivity index (χ0n) is 20.1.